The normalized spacial score (nSPS) is 19.9. The second-order valence-corrected chi connectivity index (χ2v) is 21.1. The molecule has 4 atom stereocenters. The summed E-state index contributed by atoms with van der Waals surface area (Å²) in [6, 6.07) is 27.3. The number of ether oxygens (including phenoxy) is 3. The van der Waals surface area contributed by atoms with E-state index in [-0.39, 0.29) is 62.8 Å². The lowest BCUT2D eigenvalue weighted by atomic mass is 9.49. The zero-order chi connectivity index (χ0) is 51.4. The second-order valence-electron chi connectivity index (χ2n) is 20.7. The maximum Gasteiger partial charge on any atom is 0.251 e. The standard InChI is InChI=1S/C55H64ClN7O8/c1-33(35-14-19-40(20-15-35)62-25-24-58-34(62)2)59-49(67)45-28-41(64)31-63(45)50(68)47(53(3,4)5)60-46(65)32-69-26-27-70-42-21-16-37(17-22-42)36-10-12-38(13-11-36)48(66)61-51-54(6,7)52(55(51,8)9)71-43-23-18-39(30-57)44(56)29-43/h10-25,29,33,41,45,47,51-52,64H,26-28,31-32H2,1-9H3,(H,59,67)(H,60,65)(H,61,66)/t33-,41+,45-,47?,51?,52?/m0/s1. The molecule has 0 radical (unpaired) electrons. The van der Waals surface area contributed by atoms with E-state index in [2.05, 4.69) is 54.7 Å². The van der Waals surface area contributed by atoms with E-state index in [1.807, 2.05) is 106 Å². The number of likely N-dealkylation sites (tertiary alicyclic amines) is 1. The van der Waals surface area contributed by atoms with Crippen molar-refractivity contribution in [3.63, 3.8) is 0 Å². The number of aromatic nitrogens is 2. The minimum atomic E-state index is -0.997. The third-order valence-corrected chi connectivity index (χ3v) is 13.9. The lowest BCUT2D eigenvalue weighted by Crippen LogP contribution is -2.74. The van der Waals surface area contributed by atoms with Gasteiger partial charge in [-0.05, 0) is 84.5 Å². The predicted octanol–water partition coefficient (Wildman–Crippen LogP) is 7.75. The number of aliphatic hydroxyl groups excluding tert-OH is 1. The van der Waals surface area contributed by atoms with Crippen LogP contribution in [0, 0.1) is 34.5 Å². The van der Waals surface area contributed by atoms with Crippen LogP contribution in [0.4, 0.5) is 0 Å². The first-order valence-electron chi connectivity index (χ1n) is 23.8. The largest absolute Gasteiger partial charge is 0.491 e. The molecular weight excluding hydrogens is 922 g/mol. The summed E-state index contributed by atoms with van der Waals surface area (Å²) in [6.07, 6.45) is 2.57. The number of nitrogens with one attached hydrogen (secondary N) is 3. The highest BCUT2D eigenvalue weighted by Crippen LogP contribution is 2.55. The number of carbonyl (C=O) groups is 4. The third-order valence-electron chi connectivity index (χ3n) is 13.6. The number of amides is 4. The first kappa shape index (κ1) is 52.1. The van der Waals surface area contributed by atoms with Crippen molar-refractivity contribution in [3.05, 3.63) is 131 Å². The van der Waals surface area contributed by atoms with E-state index in [1.165, 1.54) is 4.90 Å². The molecule has 15 nitrogen and oxygen atoms in total. The van der Waals surface area contributed by atoms with Gasteiger partial charge < -0.3 is 44.7 Å². The minimum absolute atomic E-state index is 0.0380. The van der Waals surface area contributed by atoms with Gasteiger partial charge in [0.25, 0.3) is 5.91 Å². The molecule has 1 saturated heterocycles. The summed E-state index contributed by atoms with van der Waals surface area (Å²) in [5.74, 6) is 0.488. The van der Waals surface area contributed by atoms with Gasteiger partial charge in [0.15, 0.2) is 0 Å². The molecule has 2 aliphatic rings. The van der Waals surface area contributed by atoms with Gasteiger partial charge in [-0.2, -0.15) is 5.26 Å². The Morgan fingerprint density at radius 2 is 1.54 bits per heavy atom. The molecular formula is C55H64ClN7O8. The molecule has 0 bridgehead atoms. The average molecular weight is 987 g/mol. The van der Waals surface area contributed by atoms with Crippen molar-refractivity contribution in [2.45, 2.75) is 105 Å². The van der Waals surface area contributed by atoms with Crippen LogP contribution in [-0.2, 0) is 19.1 Å². The maximum atomic E-state index is 14.1. The lowest BCUT2D eigenvalue weighted by Gasteiger charge is -2.63. The van der Waals surface area contributed by atoms with E-state index in [1.54, 1.807) is 36.5 Å². The van der Waals surface area contributed by atoms with Gasteiger partial charge >= 0.3 is 0 Å². The molecule has 1 aliphatic carbocycles. The summed E-state index contributed by atoms with van der Waals surface area (Å²) in [5.41, 5.74) is 3.05. The Hall–Kier alpha value is -6.73. The summed E-state index contributed by atoms with van der Waals surface area (Å²) < 4.78 is 19.8. The second kappa shape index (κ2) is 21.3. The van der Waals surface area contributed by atoms with E-state index in [9.17, 15) is 29.5 Å². The quantitative estimate of drug-likeness (QED) is 0.0669. The minimum Gasteiger partial charge on any atom is -0.491 e. The molecule has 2 heterocycles. The number of halogens is 1. The Balaban J connectivity index is 0.847. The summed E-state index contributed by atoms with van der Waals surface area (Å²) >= 11 is 6.25. The van der Waals surface area contributed by atoms with Crippen LogP contribution in [0.25, 0.3) is 16.8 Å². The Kier molecular flexibility index (Phi) is 15.6. The van der Waals surface area contributed by atoms with Crippen molar-refractivity contribution < 1.29 is 38.5 Å². The number of carbonyl (C=O) groups excluding carboxylic acids is 4. The van der Waals surface area contributed by atoms with Crippen LogP contribution < -0.4 is 25.4 Å². The number of nitriles is 1. The zero-order valence-corrected chi connectivity index (χ0v) is 42.5. The van der Waals surface area contributed by atoms with Crippen LogP contribution in [0.1, 0.15) is 95.2 Å². The fraction of sp³-hybridized carbons (Fsp3) is 0.418. The average Bonchev–Trinajstić information content (AvgIpc) is 3.96. The molecule has 1 aliphatic heterocycles. The van der Waals surface area contributed by atoms with Gasteiger partial charge in [-0.3, -0.25) is 19.2 Å². The van der Waals surface area contributed by atoms with Crippen molar-refractivity contribution in [3.8, 4) is 34.4 Å². The van der Waals surface area contributed by atoms with Crippen LogP contribution >= 0.6 is 11.6 Å². The first-order chi connectivity index (χ1) is 33.6. The molecule has 4 N–H and O–H groups in total. The summed E-state index contributed by atoms with van der Waals surface area (Å²) in [4.78, 5) is 60.1. The van der Waals surface area contributed by atoms with Crippen molar-refractivity contribution in [1.82, 2.24) is 30.4 Å². The molecule has 5 aromatic rings. The smallest absolute Gasteiger partial charge is 0.251 e. The molecule has 1 saturated carbocycles. The molecule has 16 heteroatoms. The number of rotatable bonds is 17. The zero-order valence-electron chi connectivity index (χ0n) is 41.8. The fourth-order valence-corrected chi connectivity index (χ4v) is 10.3. The number of aliphatic hydroxyl groups is 1. The van der Waals surface area contributed by atoms with Gasteiger partial charge in [0.1, 0.15) is 54.8 Å². The molecule has 4 aromatic carbocycles. The number of benzene rings is 4. The van der Waals surface area contributed by atoms with Gasteiger partial charge in [-0.1, -0.05) is 96.5 Å². The van der Waals surface area contributed by atoms with Crippen molar-refractivity contribution in [2.24, 2.45) is 16.2 Å². The number of aryl methyl sites for hydroxylation is 1. The van der Waals surface area contributed by atoms with Gasteiger partial charge in [0.2, 0.25) is 17.7 Å². The molecule has 1 aromatic heterocycles. The highest BCUT2D eigenvalue weighted by Gasteiger charge is 2.64. The molecule has 374 valence electrons. The Morgan fingerprint density at radius 3 is 2.13 bits per heavy atom. The molecule has 1 unspecified atom stereocenters. The van der Waals surface area contributed by atoms with Gasteiger partial charge in [0.05, 0.1) is 29.3 Å². The predicted molar refractivity (Wildman–Crippen MR) is 270 cm³/mol. The van der Waals surface area contributed by atoms with E-state index < -0.39 is 46.2 Å². The van der Waals surface area contributed by atoms with Crippen LogP contribution in [0.15, 0.2) is 103 Å². The number of hydrogen-bond acceptors (Lipinski definition) is 10. The number of imidazole rings is 1. The van der Waals surface area contributed by atoms with E-state index in [4.69, 9.17) is 25.8 Å². The Bertz CT molecular complexity index is 2740. The molecule has 0 spiro atoms. The summed E-state index contributed by atoms with van der Waals surface area (Å²) in [5, 5.41) is 29.3. The van der Waals surface area contributed by atoms with Crippen molar-refractivity contribution in [2.75, 3.05) is 26.4 Å². The highest BCUT2D eigenvalue weighted by molar-refractivity contribution is 6.31. The van der Waals surface area contributed by atoms with Crippen LogP contribution in [0.3, 0.4) is 0 Å². The van der Waals surface area contributed by atoms with Crippen LogP contribution in [-0.4, -0.2) is 99.9 Å². The van der Waals surface area contributed by atoms with Crippen LogP contribution in [0.2, 0.25) is 5.02 Å². The topological polar surface area (TPSA) is 197 Å². The van der Waals surface area contributed by atoms with Crippen LogP contribution in [0.5, 0.6) is 11.5 Å². The Morgan fingerprint density at radius 1 is 0.901 bits per heavy atom. The van der Waals surface area contributed by atoms with Gasteiger partial charge in [-0.25, -0.2) is 4.98 Å². The van der Waals surface area contributed by atoms with E-state index in [0.29, 0.717) is 27.6 Å². The molecule has 4 amide bonds. The van der Waals surface area contributed by atoms with Gasteiger partial charge in [0, 0.05) is 59.5 Å². The molecule has 2 fully saturated rings. The number of hydrogen-bond donors (Lipinski definition) is 4. The fourth-order valence-electron chi connectivity index (χ4n) is 10.0. The molecule has 7 rings (SSSR count). The number of nitrogens with zero attached hydrogens (tertiary/aromatic N) is 4. The van der Waals surface area contributed by atoms with Gasteiger partial charge in [-0.15, -0.1) is 0 Å². The van der Waals surface area contributed by atoms with Crippen molar-refractivity contribution >= 4 is 35.2 Å². The van der Waals surface area contributed by atoms with E-state index in [0.717, 1.165) is 28.2 Å². The summed E-state index contributed by atoms with van der Waals surface area (Å²) in [6.45, 7) is 17.4. The maximum absolute atomic E-state index is 14.1. The monoisotopic (exact) mass is 985 g/mol. The lowest BCUT2D eigenvalue weighted by molar-refractivity contribution is -0.164. The Labute approximate surface area is 420 Å². The SMILES string of the molecule is Cc1nccn1-c1ccc([C@H](C)NC(=O)[C@@H]2C[C@@H](O)CN2C(=O)C(NC(=O)COCCOc2ccc(-c3ccc(C(=O)NC4C(C)(C)C(Oc5ccc(C#N)c(Cl)c5)C4(C)C)cc3)cc2)C(C)(C)C)cc1. The first-order valence-corrected chi connectivity index (χ1v) is 24.2. The van der Waals surface area contributed by atoms with Crippen molar-refractivity contribution in [1.29, 1.82) is 5.26 Å². The third kappa shape index (κ3) is 11.7. The number of β-amino-alcohol motifs (C(OH)–C–C–N with tert-alkyl or cyclic N) is 1. The highest BCUT2D eigenvalue weighted by atomic mass is 35.5. The molecule has 71 heavy (non-hydrogen) atoms. The van der Waals surface area contributed by atoms with E-state index >= 15 is 0 Å². The summed E-state index contributed by atoms with van der Waals surface area (Å²) in [7, 11) is 0.